The molecule has 0 radical (unpaired) electrons. The van der Waals surface area contributed by atoms with Crippen LogP contribution in [0.15, 0.2) is 36.9 Å². The summed E-state index contributed by atoms with van der Waals surface area (Å²) in [6.45, 7) is 4.67. The topological polar surface area (TPSA) is 62.1 Å². The molecule has 1 amide bonds. The minimum atomic E-state index is -0.112. The normalized spacial score (nSPS) is 9.63. The van der Waals surface area contributed by atoms with Crippen LogP contribution in [-0.2, 0) is 9.53 Å². The van der Waals surface area contributed by atoms with Crippen LogP contribution in [-0.4, -0.2) is 19.1 Å². The van der Waals surface area contributed by atoms with Crippen molar-refractivity contribution in [3.8, 4) is 6.07 Å². The number of carbonyl (C=O) groups excluding carboxylic acids is 1. The summed E-state index contributed by atoms with van der Waals surface area (Å²) in [7, 11) is 0. The van der Waals surface area contributed by atoms with Gasteiger partial charge in [-0.05, 0) is 31.0 Å². The van der Waals surface area contributed by atoms with E-state index < -0.39 is 0 Å². The summed E-state index contributed by atoms with van der Waals surface area (Å²) in [6, 6.07) is 8.85. The number of amides is 1. The fourth-order valence-electron chi connectivity index (χ4n) is 1.49. The summed E-state index contributed by atoms with van der Waals surface area (Å²) in [5, 5.41) is 11.5. The molecule has 0 aromatic heterocycles. The maximum absolute atomic E-state index is 11.6. The number of carbonyl (C=O) groups is 1. The van der Waals surface area contributed by atoms with Crippen LogP contribution in [0, 0.1) is 11.3 Å². The molecule has 0 atom stereocenters. The fourth-order valence-corrected chi connectivity index (χ4v) is 1.49. The molecule has 0 aliphatic rings. The summed E-state index contributed by atoms with van der Waals surface area (Å²) < 4.78 is 5.33. The number of ether oxygens (including phenoxy) is 1. The molecule has 0 aliphatic heterocycles. The van der Waals surface area contributed by atoms with Gasteiger partial charge in [-0.25, -0.2) is 0 Å². The third kappa shape index (κ3) is 6.39. The van der Waals surface area contributed by atoms with Crippen LogP contribution in [0.3, 0.4) is 0 Å². The van der Waals surface area contributed by atoms with E-state index in [0.717, 1.165) is 12.8 Å². The Morgan fingerprint density at radius 3 is 3.05 bits per heavy atom. The largest absolute Gasteiger partial charge is 0.381 e. The van der Waals surface area contributed by atoms with Gasteiger partial charge in [-0.1, -0.05) is 12.1 Å². The smallest absolute Gasteiger partial charge is 0.226 e. The lowest BCUT2D eigenvalue weighted by Crippen LogP contribution is -2.14. The zero-order valence-electron chi connectivity index (χ0n) is 10.9. The van der Waals surface area contributed by atoms with Gasteiger partial charge in [-0.2, -0.15) is 5.26 Å². The van der Waals surface area contributed by atoms with E-state index in [9.17, 15) is 4.79 Å². The zero-order valence-corrected chi connectivity index (χ0v) is 10.9. The molecule has 1 N–H and O–H groups in total. The first-order valence-corrected chi connectivity index (χ1v) is 6.25. The molecule has 4 nitrogen and oxygen atoms in total. The highest BCUT2D eigenvalue weighted by Crippen LogP contribution is 2.09. The number of unbranched alkanes of at least 4 members (excludes halogenated alkanes) is 1. The molecule has 19 heavy (non-hydrogen) atoms. The average molecular weight is 258 g/mol. The lowest BCUT2D eigenvalue weighted by Gasteiger charge is -2.06. The maximum atomic E-state index is 11.6. The lowest BCUT2D eigenvalue weighted by molar-refractivity contribution is -0.117. The molecular weight excluding hydrogens is 240 g/mol. The van der Waals surface area contributed by atoms with Crippen molar-refractivity contribution in [1.82, 2.24) is 0 Å². The van der Waals surface area contributed by atoms with Crippen LogP contribution < -0.4 is 5.32 Å². The Hall–Kier alpha value is -2.12. The van der Waals surface area contributed by atoms with Gasteiger partial charge in [-0.15, -0.1) is 6.58 Å². The standard InChI is InChI=1S/C15H18N2O2/c1-2-3-4-9-19-10-8-15(18)17-14-7-5-6-13(11-14)12-16/h2,5-7,11H,1,3-4,8-10H2,(H,17,18). The van der Waals surface area contributed by atoms with Gasteiger partial charge in [0.05, 0.1) is 24.7 Å². The van der Waals surface area contributed by atoms with Crippen LogP contribution >= 0.6 is 0 Å². The summed E-state index contributed by atoms with van der Waals surface area (Å²) in [4.78, 5) is 11.6. The predicted octanol–water partition coefficient (Wildman–Crippen LogP) is 2.87. The summed E-state index contributed by atoms with van der Waals surface area (Å²) in [6.07, 6.45) is 4.01. The van der Waals surface area contributed by atoms with Crippen molar-refractivity contribution < 1.29 is 9.53 Å². The first kappa shape index (κ1) is 14.9. The average Bonchev–Trinajstić information content (AvgIpc) is 2.43. The van der Waals surface area contributed by atoms with E-state index in [0.29, 0.717) is 30.9 Å². The quantitative estimate of drug-likeness (QED) is 0.576. The molecule has 100 valence electrons. The van der Waals surface area contributed by atoms with Gasteiger partial charge in [0.25, 0.3) is 0 Å². The van der Waals surface area contributed by atoms with Crippen molar-refractivity contribution in [2.24, 2.45) is 0 Å². The van der Waals surface area contributed by atoms with Gasteiger partial charge in [0.2, 0.25) is 5.91 Å². The molecular formula is C15H18N2O2. The molecule has 1 aromatic carbocycles. The molecule has 0 bridgehead atoms. The Labute approximate surface area is 113 Å². The Bertz CT molecular complexity index is 463. The van der Waals surface area contributed by atoms with Crippen molar-refractivity contribution >= 4 is 11.6 Å². The van der Waals surface area contributed by atoms with Crippen LogP contribution in [0.2, 0.25) is 0 Å². The number of rotatable bonds is 8. The second-order valence-corrected chi connectivity index (χ2v) is 4.03. The second-order valence-electron chi connectivity index (χ2n) is 4.03. The Morgan fingerprint density at radius 1 is 1.47 bits per heavy atom. The minimum absolute atomic E-state index is 0.112. The number of benzene rings is 1. The highest BCUT2D eigenvalue weighted by molar-refractivity contribution is 5.90. The lowest BCUT2D eigenvalue weighted by atomic mass is 10.2. The highest BCUT2D eigenvalue weighted by Gasteiger charge is 2.02. The van der Waals surface area contributed by atoms with Gasteiger partial charge in [0.1, 0.15) is 0 Å². The Balaban J connectivity index is 2.23. The van der Waals surface area contributed by atoms with E-state index in [1.54, 1.807) is 24.3 Å². The van der Waals surface area contributed by atoms with Gasteiger partial charge in [0.15, 0.2) is 0 Å². The molecule has 0 unspecified atom stereocenters. The molecule has 0 heterocycles. The number of hydrogen-bond acceptors (Lipinski definition) is 3. The molecule has 0 saturated carbocycles. The monoisotopic (exact) mass is 258 g/mol. The van der Waals surface area contributed by atoms with E-state index in [-0.39, 0.29) is 5.91 Å². The van der Waals surface area contributed by atoms with Crippen molar-refractivity contribution in [3.05, 3.63) is 42.5 Å². The first-order valence-electron chi connectivity index (χ1n) is 6.25. The zero-order chi connectivity index (χ0) is 13.9. The third-order valence-corrected chi connectivity index (χ3v) is 2.45. The number of hydrogen-bond donors (Lipinski definition) is 1. The molecule has 4 heteroatoms. The molecule has 0 spiro atoms. The van der Waals surface area contributed by atoms with E-state index in [1.807, 2.05) is 12.1 Å². The van der Waals surface area contributed by atoms with Crippen LogP contribution in [0.4, 0.5) is 5.69 Å². The number of anilines is 1. The molecule has 0 saturated heterocycles. The highest BCUT2D eigenvalue weighted by atomic mass is 16.5. The Kier molecular flexibility index (Phi) is 7.00. The fraction of sp³-hybridized carbons (Fsp3) is 0.333. The van der Waals surface area contributed by atoms with E-state index in [1.165, 1.54) is 0 Å². The van der Waals surface area contributed by atoms with Gasteiger partial charge in [-0.3, -0.25) is 4.79 Å². The Morgan fingerprint density at radius 2 is 2.32 bits per heavy atom. The molecule has 1 aromatic rings. The van der Waals surface area contributed by atoms with Crippen molar-refractivity contribution in [2.45, 2.75) is 19.3 Å². The molecule has 0 aliphatic carbocycles. The SMILES string of the molecule is C=CCCCOCCC(=O)Nc1cccc(C#N)c1. The van der Waals surface area contributed by atoms with Gasteiger partial charge >= 0.3 is 0 Å². The van der Waals surface area contributed by atoms with E-state index >= 15 is 0 Å². The van der Waals surface area contributed by atoms with Gasteiger partial charge < -0.3 is 10.1 Å². The molecule has 1 rings (SSSR count). The van der Waals surface area contributed by atoms with Crippen LogP contribution in [0.1, 0.15) is 24.8 Å². The van der Waals surface area contributed by atoms with E-state index in [4.69, 9.17) is 10.00 Å². The number of allylic oxidation sites excluding steroid dienone is 1. The van der Waals surface area contributed by atoms with Crippen molar-refractivity contribution in [1.29, 1.82) is 5.26 Å². The van der Waals surface area contributed by atoms with E-state index in [2.05, 4.69) is 11.9 Å². The third-order valence-electron chi connectivity index (χ3n) is 2.45. The first-order chi connectivity index (χ1) is 9.26. The van der Waals surface area contributed by atoms with Crippen LogP contribution in [0.25, 0.3) is 0 Å². The second kappa shape index (κ2) is 8.90. The number of nitrogens with zero attached hydrogens (tertiary/aromatic N) is 1. The van der Waals surface area contributed by atoms with Crippen LogP contribution in [0.5, 0.6) is 0 Å². The predicted molar refractivity (Wildman–Crippen MR) is 74.7 cm³/mol. The number of nitriles is 1. The summed E-state index contributed by atoms with van der Waals surface area (Å²) >= 11 is 0. The van der Waals surface area contributed by atoms with Crippen molar-refractivity contribution in [2.75, 3.05) is 18.5 Å². The summed E-state index contributed by atoms with van der Waals surface area (Å²) in [5.41, 5.74) is 1.16. The minimum Gasteiger partial charge on any atom is -0.381 e. The number of nitrogens with one attached hydrogen (secondary N) is 1. The van der Waals surface area contributed by atoms with Gasteiger partial charge in [0, 0.05) is 12.3 Å². The maximum Gasteiger partial charge on any atom is 0.226 e. The van der Waals surface area contributed by atoms with Crippen molar-refractivity contribution in [3.63, 3.8) is 0 Å². The summed E-state index contributed by atoms with van der Waals surface area (Å²) in [5.74, 6) is -0.112. The molecule has 0 fully saturated rings.